The highest BCUT2D eigenvalue weighted by Gasteiger charge is 2.46. The molecule has 0 unspecified atom stereocenters. The molecular formula is C79H79BN2. The molecular weight excluding hydrogens is 988 g/mol. The molecule has 408 valence electrons. The average Bonchev–Trinajstić information content (AvgIpc) is 1.29. The van der Waals surface area contributed by atoms with Crippen LogP contribution in [0.4, 0.5) is 34.1 Å². The number of nitrogens with zero attached hydrogens (tertiary/aromatic N) is 2. The monoisotopic (exact) mass is 1070 g/mol. The SMILES string of the molecule is Cc1cc(C)c(-c2cc3c4c(c2)N(c2ccc(-c5ccccc5)c(C(C)(C)C)c2)c2cc(C(C)(C)C)c(-c5ccccc5)cc2B4c2cc(-c4ccccc4)c(C(C)(C)C)cc2N3c2ccc(-c3ccccc3)c(C(C)(C)C)c2)c(C)c1. The van der Waals surface area contributed by atoms with E-state index in [0.29, 0.717) is 0 Å². The molecule has 82 heavy (non-hydrogen) atoms. The maximum absolute atomic E-state index is 2.67. The lowest BCUT2D eigenvalue weighted by atomic mass is 9.33. The molecule has 3 heteroatoms. The van der Waals surface area contributed by atoms with E-state index in [4.69, 9.17) is 0 Å². The third-order valence-electron chi connectivity index (χ3n) is 17.4. The Morgan fingerprint density at radius 2 is 0.610 bits per heavy atom. The third-order valence-corrected chi connectivity index (χ3v) is 17.4. The van der Waals surface area contributed by atoms with Crippen molar-refractivity contribution in [3.05, 3.63) is 245 Å². The minimum atomic E-state index is -0.191. The first-order chi connectivity index (χ1) is 39.0. The van der Waals surface area contributed by atoms with E-state index in [1.54, 1.807) is 0 Å². The predicted molar refractivity (Wildman–Crippen MR) is 357 cm³/mol. The third kappa shape index (κ3) is 9.60. The Morgan fingerprint density at radius 3 is 0.939 bits per heavy atom. The van der Waals surface area contributed by atoms with E-state index in [1.807, 2.05) is 0 Å². The average molecular weight is 1070 g/mol. The molecule has 0 aromatic heterocycles. The lowest BCUT2D eigenvalue weighted by Crippen LogP contribution is -2.61. The Balaban J connectivity index is 1.28. The molecule has 0 amide bonds. The van der Waals surface area contributed by atoms with Crippen molar-refractivity contribution < 1.29 is 0 Å². The summed E-state index contributed by atoms with van der Waals surface area (Å²) in [7, 11) is 0. The molecule has 2 aliphatic heterocycles. The quantitative estimate of drug-likeness (QED) is 0.147. The number of aryl methyl sites for hydroxylation is 3. The van der Waals surface area contributed by atoms with Gasteiger partial charge in [-0.3, -0.25) is 0 Å². The van der Waals surface area contributed by atoms with Gasteiger partial charge in [-0.05, 0) is 196 Å². The van der Waals surface area contributed by atoms with Gasteiger partial charge < -0.3 is 9.80 Å². The van der Waals surface area contributed by atoms with Crippen LogP contribution in [-0.4, -0.2) is 6.71 Å². The Labute approximate surface area is 490 Å². The van der Waals surface area contributed by atoms with Crippen molar-refractivity contribution in [2.45, 2.75) is 126 Å². The van der Waals surface area contributed by atoms with Gasteiger partial charge in [0.1, 0.15) is 0 Å². The summed E-state index contributed by atoms with van der Waals surface area (Å²) in [4.78, 5) is 5.34. The fourth-order valence-electron chi connectivity index (χ4n) is 13.7. The van der Waals surface area contributed by atoms with Crippen LogP contribution in [0.1, 0.15) is 122 Å². The number of fused-ring (bicyclic) bond motifs is 4. The van der Waals surface area contributed by atoms with E-state index in [2.05, 4.69) is 320 Å². The van der Waals surface area contributed by atoms with Gasteiger partial charge in [-0.25, -0.2) is 0 Å². The van der Waals surface area contributed by atoms with Crippen molar-refractivity contribution in [2.75, 3.05) is 9.80 Å². The van der Waals surface area contributed by atoms with E-state index < -0.39 is 0 Å². The van der Waals surface area contributed by atoms with Crippen LogP contribution in [0, 0.1) is 20.8 Å². The fraction of sp³-hybridized carbons (Fsp3) is 0.241. The molecule has 12 rings (SSSR count). The first-order valence-corrected chi connectivity index (χ1v) is 29.7. The first kappa shape index (κ1) is 54.5. The lowest BCUT2D eigenvalue weighted by Gasteiger charge is -2.46. The summed E-state index contributed by atoms with van der Waals surface area (Å²) in [5, 5.41) is 0. The van der Waals surface area contributed by atoms with E-state index in [-0.39, 0.29) is 28.4 Å². The molecule has 2 heterocycles. The summed E-state index contributed by atoms with van der Waals surface area (Å²) in [6.07, 6.45) is 0. The highest BCUT2D eigenvalue weighted by molar-refractivity contribution is 7.00. The van der Waals surface area contributed by atoms with Gasteiger partial charge in [0.25, 0.3) is 6.71 Å². The molecule has 10 aromatic carbocycles. The number of rotatable bonds is 7. The number of benzene rings is 10. The lowest BCUT2D eigenvalue weighted by molar-refractivity contribution is 0.591. The summed E-state index contributed by atoms with van der Waals surface area (Å²) in [5.74, 6) is 0. The van der Waals surface area contributed by atoms with Gasteiger partial charge in [0, 0.05) is 34.1 Å². The smallest absolute Gasteiger partial charge is 0.252 e. The van der Waals surface area contributed by atoms with Crippen LogP contribution < -0.4 is 26.2 Å². The topological polar surface area (TPSA) is 6.48 Å². The van der Waals surface area contributed by atoms with Crippen molar-refractivity contribution >= 4 is 57.2 Å². The second kappa shape index (κ2) is 20.1. The van der Waals surface area contributed by atoms with Crippen molar-refractivity contribution in [3.63, 3.8) is 0 Å². The van der Waals surface area contributed by atoms with E-state index in [0.717, 1.165) is 11.4 Å². The van der Waals surface area contributed by atoms with Gasteiger partial charge in [0.15, 0.2) is 0 Å². The van der Waals surface area contributed by atoms with E-state index in [1.165, 1.54) is 134 Å². The Bertz CT molecular complexity index is 3830. The molecule has 0 bridgehead atoms. The van der Waals surface area contributed by atoms with E-state index >= 15 is 0 Å². The zero-order valence-corrected chi connectivity index (χ0v) is 51.1. The molecule has 0 saturated carbocycles. The summed E-state index contributed by atoms with van der Waals surface area (Å²) in [5.41, 5.74) is 32.0. The number of hydrogen-bond acceptors (Lipinski definition) is 2. The molecule has 0 saturated heterocycles. The van der Waals surface area contributed by atoms with Gasteiger partial charge in [0.05, 0.1) is 0 Å². The van der Waals surface area contributed by atoms with Crippen LogP contribution in [0.15, 0.2) is 206 Å². The molecule has 0 radical (unpaired) electrons. The first-order valence-electron chi connectivity index (χ1n) is 29.7. The van der Waals surface area contributed by atoms with Crippen molar-refractivity contribution in [1.82, 2.24) is 0 Å². The minimum Gasteiger partial charge on any atom is -0.311 e. The van der Waals surface area contributed by atoms with Crippen molar-refractivity contribution in [3.8, 4) is 55.6 Å². The van der Waals surface area contributed by atoms with Crippen molar-refractivity contribution in [1.29, 1.82) is 0 Å². The van der Waals surface area contributed by atoms with Crippen LogP contribution in [-0.2, 0) is 21.7 Å². The van der Waals surface area contributed by atoms with Gasteiger partial charge in [-0.15, -0.1) is 0 Å². The fourth-order valence-corrected chi connectivity index (χ4v) is 13.7. The molecule has 0 N–H and O–H groups in total. The second-order valence-corrected chi connectivity index (χ2v) is 27.6. The van der Waals surface area contributed by atoms with Gasteiger partial charge in [-0.2, -0.15) is 0 Å². The Kier molecular flexibility index (Phi) is 13.3. The summed E-state index contributed by atoms with van der Waals surface area (Å²) >= 11 is 0. The van der Waals surface area contributed by atoms with Gasteiger partial charge in [0.2, 0.25) is 0 Å². The second-order valence-electron chi connectivity index (χ2n) is 27.6. The van der Waals surface area contributed by atoms with Crippen LogP contribution in [0.2, 0.25) is 0 Å². The van der Waals surface area contributed by atoms with E-state index in [9.17, 15) is 0 Å². The highest BCUT2D eigenvalue weighted by atomic mass is 15.2. The molecule has 2 aliphatic rings. The normalized spacial score (nSPS) is 13.2. The highest BCUT2D eigenvalue weighted by Crippen LogP contribution is 2.52. The predicted octanol–water partition coefficient (Wildman–Crippen LogP) is 20.2. The van der Waals surface area contributed by atoms with Crippen molar-refractivity contribution in [2.24, 2.45) is 0 Å². The summed E-state index contributed by atoms with van der Waals surface area (Å²) < 4.78 is 0. The largest absolute Gasteiger partial charge is 0.311 e. The number of anilines is 6. The Morgan fingerprint density at radius 1 is 0.293 bits per heavy atom. The summed E-state index contributed by atoms with van der Waals surface area (Å²) in [6, 6.07) is 79.1. The zero-order valence-electron chi connectivity index (χ0n) is 51.1. The molecule has 0 atom stereocenters. The van der Waals surface area contributed by atoms with Crippen LogP contribution in [0.25, 0.3) is 55.6 Å². The van der Waals surface area contributed by atoms with Crippen LogP contribution >= 0.6 is 0 Å². The maximum atomic E-state index is 2.67. The molecule has 0 spiro atoms. The maximum Gasteiger partial charge on any atom is 0.252 e. The standard InChI is InChI=1S/C79H79BN2/c1-50-40-51(2)74(52(3)41-50)57-42-72-75-73(43-57)82(59-37-39-61(54-30-22-17-23-31-54)65(45-59)77(7,8)9)71-49-67(79(13,14)15)63(56-34-26-19-27-35-56)47-69(71)80(75)68-46-62(55-32-24-18-25-33-55)66(78(10,11)12)48-70(68)81(72)58-36-38-60(53-28-20-16-21-29-53)64(44-58)76(4,5)6/h16-49H,1-15H3. The van der Waals surface area contributed by atoms with Gasteiger partial charge in [-0.1, -0.05) is 246 Å². The molecule has 10 aromatic rings. The molecule has 0 aliphatic carbocycles. The Hall–Kier alpha value is -8.14. The van der Waals surface area contributed by atoms with Gasteiger partial charge >= 0.3 is 0 Å². The molecule has 0 fully saturated rings. The van der Waals surface area contributed by atoms with Crippen LogP contribution in [0.5, 0.6) is 0 Å². The minimum absolute atomic E-state index is 0.138. The van der Waals surface area contributed by atoms with Crippen LogP contribution in [0.3, 0.4) is 0 Å². The zero-order chi connectivity index (χ0) is 57.8. The summed E-state index contributed by atoms with van der Waals surface area (Å²) in [6.45, 7) is 35.2. The number of hydrogen-bond donors (Lipinski definition) is 0. The molecule has 2 nitrogen and oxygen atoms in total.